The van der Waals surface area contributed by atoms with E-state index in [0.29, 0.717) is 0 Å². The van der Waals surface area contributed by atoms with Crippen LogP contribution in [-0.2, 0) is 4.74 Å². The van der Waals surface area contributed by atoms with Gasteiger partial charge in [0.05, 0.1) is 17.1 Å². The molecule has 1 atom stereocenters. The van der Waals surface area contributed by atoms with Crippen molar-refractivity contribution in [2.24, 2.45) is 0 Å². The Morgan fingerprint density at radius 3 is 3.04 bits per heavy atom. The van der Waals surface area contributed by atoms with Gasteiger partial charge in [-0.1, -0.05) is 6.08 Å². The van der Waals surface area contributed by atoms with Gasteiger partial charge in [-0.2, -0.15) is 0 Å². The highest BCUT2D eigenvalue weighted by Crippen LogP contribution is 2.31. The molecule has 1 unspecified atom stereocenters. The SMILES string of the molecule is CC(C)(C)OC(=O)NC1C=C(c2c[nH]c3cccnc23)CCC1. The van der Waals surface area contributed by atoms with E-state index < -0.39 is 5.60 Å². The topological polar surface area (TPSA) is 67.0 Å². The fraction of sp³-hybridized carbons (Fsp3) is 0.444. The van der Waals surface area contributed by atoms with E-state index in [-0.39, 0.29) is 12.1 Å². The van der Waals surface area contributed by atoms with E-state index in [4.69, 9.17) is 4.74 Å². The summed E-state index contributed by atoms with van der Waals surface area (Å²) < 4.78 is 5.34. The Hall–Kier alpha value is -2.30. The molecular weight excluding hydrogens is 290 g/mol. The van der Waals surface area contributed by atoms with Crippen molar-refractivity contribution in [3.05, 3.63) is 36.2 Å². The number of fused-ring (bicyclic) bond motifs is 1. The molecule has 1 aliphatic rings. The number of pyridine rings is 1. The standard InChI is InChI=1S/C18H23N3O2/c1-18(2,3)23-17(22)21-13-7-4-6-12(10-13)14-11-20-15-8-5-9-19-16(14)15/h5,8-11,13,20H,4,6-7H2,1-3H3,(H,21,22). The number of amides is 1. The second-order valence-corrected chi connectivity index (χ2v) is 6.94. The zero-order valence-corrected chi connectivity index (χ0v) is 13.8. The monoisotopic (exact) mass is 313 g/mol. The summed E-state index contributed by atoms with van der Waals surface area (Å²) in [6.45, 7) is 5.60. The van der Waals surface area contributed by atoms with Gasteiger partial charge >= 0.3 is 6.09 Å². The number of ether oxygens (including phenoxy) is 1. The van der Waals surface area contributed by atoms with E-state index in [9.17, 15) is 4.79 Å². The number of hydrogen-bond donors (Lipinski definition) is 2. The van der Waals surface area contributed by atoms with Gasteiger partial charge in [0, 0.05) is 18.0 Å². The fourth-order valence-electron chi connectivity index (χ4n) is 2.92. The number of carbonyl (C=O) groups excluding carboxylic acids is 1. The van der Waals surface area contributed by atoms with Gasteiger partial charge in [0.2, 0.25) is 0 Å². The van der Waals surface area contributed by atoms with Crippen LogP contribution in [0.3, 0.4) is 0 Å². The summed E-state index contributed by atoms with van der Waals surface area (Å²) in [6.07, 6.45) is 8.53. The molecule has 1 amide bonds. The van der Waals surface area contributed by atoms with Crippen LogP contribution in [0.25, 0.3) is 16.6 Å². The molecule has 23 heavy (non-hydrogen) atoms. The minimum absolute atomic E-state index is 0.00209. The highest BCUT2D eigenvalue weighted by atomic mass is 16.6. The third-order valence-electron chi connectivity index (χ3n) is 3.85. The van der Waals surface area contributed by atoms with Crippen molar-refractivity contribution in [3.63, 3.8) is 0 Å². The summed E-state index contributed by atoms with van der Waals surface area (Å²) >= 11 is 0. The number of hydrogen-bond acceptors (Lipinski definition) is 3. The Labute approximate surface area is 136 Å². The Kier molecular flexibility index (Phi) is 4.11. The van der Waals surface area contributed by atoms with Crippen molar-refractivity contribution in [1.82, 2.24) is 15.3 Å². The Bertz CT molecular complexity index is 740. The molecule has 0 fully saturated rings. The third-order valence-corrected chi connectivity index (χ3v) is 3.85. The molecule has 0 saturated carbocycles. The molecule has 0 saturated heterocycles. The van der Waals surface area contributed by atoms with Crippen molar-refractivity contribution in [2.75, 3.05) is 0 Å². The summed E-state index contributed by atoms with van der Waals surface area (Å²) in [4.78, 5) is 19.7. The van der Waals surface area contributed by atoms with E-state index in [0.717, 1.165) is 35.9 Å². The predicted octanol–water partition coefficient (Wildman–Crippen LogP) is 4.02. The number of alkyl carbamates (subject to hydrolysis) is 1. The lowest BCUT2D eigenvalue weighted by Crippen LogP contribution is -2.39. The highest BCUT2D eigenvalue weighted by molar-refractivity contribution is 5.89. The molecule has 3 rings (SSSR count). The smallest absolute Gasteiger partial charge is 0.408 e. The largest absolute Gasteiger partial charge is 0.444 e. The molecule has 2 aromatic heterocycles. The van der Waals surface area contributed by atoms with Gasteiger partial charge in [0.25, 0.3) is 0 Å². The first-order valence-electron chi connectivity index (χ1n) is 8.05. The van der Waals surface area contributed by atoms with Gasteiger partial charge in [0.15, 0.2) is 0 Å². The number of aromatic amines is 1. The molecule has 0 radical (unpaired) electrons. The maximum Gasteiger partial charge on any atom is 0.408 e. The summed E-state index contributed by atoms with van der Waals surface area (Å²) in [5, 5.41) is 2.95. The zero-order valence-electron chi connectivity index (χ0n) is 13.8. The van der Waals surface area contributed by atoms with E-state index in [1.165, 1.54) is 5.57 Å². The number of nitrogens with zero attached hydrogens (tertiary/aromatic N) is 1. The number of nitrogens with one attached hydrogen (secondary N) is 2. The summed E-state index contributed by atoms with van der Waals surface area (Å²) in [7, 11) is 0. The van der Waals surface area contributed by atoms with Crippen molar-refractivity contribution >= 4 is 22.7 Å². The Balaban J connectivity index is 1.78. The van der Waals surface area contributed by atoms with Gasteiger partial charge in [-0.25, -0.2) is 4.79 Å². The van der Waals surface area contributed by atoms with Crippen LogP contribution in [0.5, 0.6) is 0 Å². The summed E-state index contributed by atoms with van der Waals surface area (Å²) in [5.74, 6) is 0. The average molecular weight is 313 g/mol. The zero-order chi connectivity index (χ0) is 16.4. The van der Waals surface area contributed by atoms with E-state index in [1.807, 2.05) is 39.1 Å². The predicted molar refractivity (Wildman–Crippen MR) is 91.1 cm³/mol. The molecule has 2 heterocycles. The second kappa shape index (κ2) is 6.07. The maximum atomic E-state index is 12.0. The summed E-state index contributed by atoms with van der Waals surface area (Å²) in [5.41, 5.74) is 3.88. The molecule has 2 N–H and O–H groups in total. The number of allylic oxidation sites excluding steroid dienone is 1. The van der Waals surface area contributed by atoms with Crippen LogP contribution >= 0.6 is 0 Å². The normalized spacial score (nSPS) is 18.6. The molecule has 0 aromatic carbocycles. The molecule has 0 aliphatic heterocycles. The van der Waals surface area contributed by atoms with Crippen molar-refractivity contribution in [2.45, 2.75) is 51.7 Å². The first-order valence-corrected chi connectivity index (χ1v) is 8.05. The van der Waals surface area contributed by atoms with Crippen LogP contribution in [0.2, 0.25) is 0 Å². The minimum Gasteiger partial charge on any atom is -0.444 e. The molecule has 5 heteroatoms. The lowest BCUT2D eigenvalue weighted by atomic mass is 9.92. The van der Waals surface area contributed by atoms with Crippen LogP contribution in [-0.4, -0.2) is 27.7 Å². The molecular formula is C18H23N3O2. The molecule has 2 aromatic rings. The van der Waals surface area contributed by atoms with E-state index >= 15 is 0 Å². The molecule has 0 spiro atoms. The summed E-state index contributed by atoms with van der Waals surface area (Å²) in [6, 6.07) is 3.94. The van der Waals surface area contributed by atoms with Gasteiger partial charge in [-0.05, 0) is 57.7 Å². The highest BCUT2D eigenvalue weighted by Gasteiger charge is 2.22. The van der Waals surface area contributed by atoms with Crippen LogP contribution in [0.15, 0.2) is 30.6 Å². The first-order chi connectivity index (χ1) is 10.9. The molecule has 122 valence electrons. The Morgan fingerprint density at radius 1 is 1.43 bits per heavy atom. The van der Waals surface area contributed by atoms with Crippen LogP contribution in [0.4, 0.5) is 4.79 Å². The number of carbonyl (C=O) groups is 1. The third kappa shape index (κ3) is 3.73. The minimum atomic E-state index is -0.480. The van der Waals surface area contributed by atoms with E-state index in [1.54, 1.807) is 6.20 Å². The van der Waals surface area contributed by atoms with Crippen LogP contribution in [0, 0.1) is 0 Å². The van der Waals surface area contributed by atoms with E-state index in [2.05, 4.69) is 21.4 Å². The molecule has 0 bridgehead atoms. The second-order valence-electron chi connectivity index (χ2n) is 6.94. The van der Waals surface area contributed by atoms with Crippen molar-refractivity contribution in [1.29, 1.82) is 0 Å². The van der Waals surface area contributed by atoms with Crippen molar-refractivity contribution < 1.29 is 9.53 Å². The molecule has 1 aliphatic carbocycles. The lowest BCUT2D eigenvalue weighted by Gasteiger charge is -2.25. The first kappa shape index (κ1) is 15.6. The van der Waals surface area contributed by atoms with Gasteiger partial charge in [-0.15, -0.1) is 0 Å². The van der Waals surface area contributed by atoms with Gasteiger partial charge in [0.1, 0.15) is 5.60 Å². The number of aromatic nitrogens is 2. The molecule has 5 nitrogen and oxygen atoms in total. The maximum absolute atomic E-state index is 12.0. The Morgan fingerprint density at radius 2 is 2.26 bits per heavy atom. The van der Waals surface area contributed by atoms with Crippen LogP contribution in [0.1, 0.15) is 45.6 Å². The lowest BCUT2D eigenvalue weighted by molar-refractivity contribution is 0.0511. The number of H-pyrrole nitrogens is 1. The number of rotatable bonds is 2. The fourth-order valence-corrected chi connectivity index (χ4v) is 2.92. The van der Waals surface area contributed by atoms with Crippen LogP contribution < -0.4 is 5.32 Å². The average Bonchev–Trinajstić information content (AvgIpc) is 2.89. The van der Waals surface area contributed by atoms with Crippen molar-refractivity contribution in [3.8, 4) is 0 Å². The van der Waals surface area contributed by atoms with Gasteiger partial charge in [-0.3, -0.25) is 4.98 Å². The van der Waals surface area contributed by atoms with Gasteiger partial charge < -0.3 is 15.0 Å². The quantitative estimate of drug-likeness (QED) is 0.880.